The Morgan fingerprint density at radius 3 is 2.68 bits per heavy atom. The SMILES string of the molecule is O=C(CCc1ccc(F)cc1)Nc1cc(Br)ccn1. The van der Waals surface area contributed by atoms with Crippen molar-refractivity contribution in [3.8, 4) is 0 Å². The third-order valence-corrected chi connectivity index (χ3v) is 3.04. The van der Waals surface area contributed by atoms with Crippen molar-refractivity contribution in [3.05, 3.63) is 58.4 Å². The monoisotopic (exact) mass is 322 g/mol. The molecule has 1 N–H and O–H groups in total. The Morgan fingerprint density at radius 2 is 2.00 bits per heavy atom. The number of aryl methyl sites for hydroxylation is 1. The number of aromatic nitrogens is 1. The molecule has 0 saturated heterocycles. The van der Waals surface area contributed by atoms with Crippen LogP contribution in [0.3, 0.4) is 0 Å². The van der Waals surface area contributed by atoms with Crippen LogP contribution in [0.5, 0.6) is 0 Å². The maximum Gasteiger partial charge on any atom is 0.225 e. The van der Waals surface area contributed by atoms with Crippen molar-refractivity contribution >= 4 is 27.7 Å². The molecule has 2 aromatic rings. The fraction of sp³-hybridized carbons (Fsp3) is 0.143. The van der Waals surface area contributed by atoms with E-state index in [4.69, 9.17) is 0 Å². The van der Waals surface area contributed by atoms with Gasteiger partial charge in [-0.25, -0.2) is 9.37 Å². The molecule has 98 valence electrons. The lowest BCUT2D eigenvalue weighted by atomic mass is 10.1. The summed E-state index contributed by atoms with van der Waals surface area (Å²) in [5.41, 5.74) is 0.929. The van der Waals surface area contributed by atoms with E-state index in [0.29, 0.717) is 18.7 Å². The Labute approximate surface area is 119 Å². The quantitative estimate of drug-likeness (QED) is 0.935. The molecule has 0 spiro atoms. The minimum absolute atomic E-state index is 0.116. The zero-order valence-electron chi connectivity index (χ0n) is 10.1. The minimum Gasteiger partial charge on any atom is -0.311 e. The molecular weight excluding hydrogens is 311 g/mol. The number of carbonyl (C=O) groups excluding carboxylic acids is 1. The van der Waals surface area contributed by atoms with E-state index in [1.165, 1.54) is 12.1 Å². The Kier molecular flexibility index (Phi) is 4.63. The van der Waals surface area contributed by atoms with Crippen LogP contribution in [0.2, 0.25) is 0 Å². The molecule has 0 aliphatic carbocycles. The van der Waals surface area contributed by atoms with Gasteiger partial charge >= 0.3 is 0 Å². The first kappa shape index (κ1) is 13.7. The van der Waals surface area contributed by atoms with E-state index in [9.17, 15) is 9.18 Å². The summed E-state index contributed by atoms with van der Waals surface area (Å²) < 4.78 is 13.6. The second kappa shape index (κ2) is 6.43. The van der Waals surface area contributed by atoms with Crippen molar-refractivity contribution < 1.29 is 9.18 Å². The highest BCUT2D eigenvalue weighted by atomic mass is 79.9. The molecule has 3 nitrogen and oxygen atoms in total. The van der Waals surface area contributed by atoms with E-state index in [-0.39, 0.29) is 11.7 Å². The maximum atomic E-state index is 12.7. The summed E-state index contributed by atoms with van der Waals surface area (Å²) in [6.45, 7) is 0. The van der Waals surface area contributed by atoms with Crippen LogP contribution < -0.4 is 5.32 Å². The number of pyridine rings is 1. The normalized spacial score (nSPS) is 10.2. The number of amides is 1. The summed E-state index contributed by atoms with van der Waals surface area (Å²) in [6, 6.07) is 9.66. The van der Waals surface area contributed by atoms with E-state index < -0.39 is 0 Å². The average molecular weight is 323 g/mol. The molecule has 0 atom stereocenters. The first-order valence-corrected chi connectivity index (χ1v) is 6.58. The molecule has 0 unspecified atom stereocenters. The molecule has 0 bridgehead atoms. The van der Waals surface area contributed by atoms with E-state index in [1.807, 2.05) is 0 Å². The largest absolute Gasteiger partial charge is 0.311 e. The van der Waals surface area contributed by atoms with Crippen molar-refractivity contribution in [2.24, 2.45) is 0 Å². The first-order chi connectivity index (χ1) is 9.13. The third-order valence-electron chi connectivity index (χ3n) is 2.54. The van der Waals surface area contributed by atoms with Gasteiger partial charge in [0.1, 0.15) is 11.6 Å². The summed E-state index contributed by atoms with van der Waals surface area (Å²) in [5.74, 6) is 0.125. The van der Waals surface area contributed by atoms with Crippen molar-refractivity contribution in [2.45, 2.75) is 12.8 Å². The van der Waals surface area contributed by atoms with Crippen molar-refractivity contribution in [1.29, 1.82) is 0 Å². The van der Waals surface area contributed by atoms with Gasteiger partial charge in [0.2, 0.25) is 5.91 Å². The number of benzene rings is 1. The van der Waals surface area contributed by atoms with Gasteiger partial charge in [-0.3, -0.25) is 4.79 Å². The van der Waals surface area contributed by atoms with E-state index in [2.05, 4.69) is 26.2 Å². The molecule has 1 heterocycles. The highest BCUT2D eigenvalue weighted by molar-refractivity contribution is 9.10. The number of nitrogens with zero attached hydrogens (tertiary/aromatic N) is 1. The number of hydrogen-bond acceptors (Lipinski definition) is 2. The Balaban J connectivity index is 1.86. The van der Waals surface area contributed by atoms with Crippen LogP contribution in [0.25, 0.3) is 0 Å². The second-order valence-corrected chi connectivity index (χ2v) is 4.95. The Morgan fingerprint density at radius 1 is 1.26 bits per heavy atom. The standard InChI is InChI=1S/C14H12BrFN2O/c15-11-7-8-17-13(9-11)18-14(19)6-3-10-1-4-12(16)5-2-10/h1-2,4-5,7-9H,3,6H2,(H,17,18,19). The molecular formula is C14H12BrFN2O. The van der Waals surface area contributed by atoms with E-state index >= 15 is 0 Å². The molecule has 1 amide bonds. The molecule has 0 saturated carbocycles. The summed E-state index contributed by atoms with van der Waals surface area (Å²) in [6.07, 6.45) is 2.51. The summed E-state index contributed by atoms with van der Waals surface area (Å²) in [7, 11) is 0. The van der Waals surface area contributed by atoms with Crippen molar-refractivity contribution in [2.75, 3.05) is 5.32 Å². The molecule has 2 rings (SSSR count). The lowest BCUT2D eigenvalue weighted by molar-refractivity contribution is -0.116. The first-order valence-electron chi connectivity index (χ1n) is 5.79. The van der Waals surface area contributed by atoms with Gasteiger partial charge in [-0.05, 0) is 36.2 Å². The third kappa shape index (κ3) is 4.44. The van der Waals surface area contributed by atoms with Gasteiger partial charge in [-0.1, -0.05) is 28.1 Å². The van der Waals surface area contributed by atoms with Crippen molar-refractivity contribution in [3.63, 3.8) is 0 Å². The van der Waals surface area contributed by atoms with Gasteiger partial charge in [0.25, 0.3) is 0 Å². The van der Waals surface area contributed by atoms with Crippen molar-refractivity contribution in [1.82, 2.24) is 4.98 Å². The van der Waals surface area contributed by atoms with Crippen LogP contribution in [0, 0.1) is 5.82 Å². The van der Waals surface area contributed by atoms with E-state index in [1.54, 1.807) is 30.5 Å². The average Bonchev–Trinajstić information content (AvgIpc) is 2.38. The van der Waals surface area contributed by atoms with Crippen LogP contribution in [-0.2, 0) is 11.2 Å². The Hall–Kier alpha value is -1.75. The van der Waals surface area contributed by atoms with Crippen LogP contribution in [0.4, 0.5) is 10.2 Å². The van der Waals surface area contributed by atoms with E-state index in [0.717, 1.165) is 10.0 Å². The van der Waals surface area contributed by atoms with Gasteiger partial charge in [0, 0.05) is 17.1 Å². The maximum absolute atomic E-state index is 12.7. The van der Waals surface area contributed by atoms with Gasteiger partial charge in [-0.15, -0.1) is 0 Å². The number of anilines is 1. The number of halogens is 2. The van der Waals surface area contributed by atoms with Crippen LogP contribution >= 0.6 is 15.9 Å². The fourth-order valence-electron chi connectivity index (χ4n) is 1.59. The fourth-order valence-corrected chi connectivity index (χ4v) is 1.92. The predicted molar refractivity (Wildman–Crippen MR) is 75.3 cm³/mol. The molecule has 0 aliphatic rings. The van der Waals surface area contributed by atoms with Crippen LogP contribution in [-0.4, -0.2) is 10.9 Å². The highest BCUT2D eigenvalue weighted by Crippen LogP contribution is 2.13. The summed E-state index contributed by atoms with van der Waals surface area (Å²) in [4.78, 5) is 15.8. The zero-order chi connectivity index (χ0) is 13.7. The Bertz CT molecular complexity index is 572. The van der Waals surface area contributed by atoms with Gasteiger partial charge in [-0.2, -0.15) is 0 Å². The lowest BCUT2D eigenvalue weighted by Gasteiger charge is -2.04. The highest BCUT2D eigenvalue weighted by Gasteiger charge is 2.04. The lowest BCUT2D eigenvalue weighted by Crippen LogP contribution is -2.13. The second-order valence-electron chi connectivity index (χ2n) is 4.03. The summed E-state index contributed by atoms with van der Waals surface area (Å²) >= 11 is 3.31. The zero-order valence-corrected chi connectivity index (χ0v) is 11.7. The van der Waals surface area contributed by atoms with Crippen LogP contribution in [0.1, 0.15) is 12.0 Å². The number of hydrogen-bond donors (Lipinski definition) is 1. The molecule has 0 fully saturated rings. The molecule has 5 heteroatoms. The van der Waals surface area contributed by atoms with Crippen LogP contribution in [0.15, 0.2) is 47.1 Å². The number of nitrogens with one attached hydrogen (secondary N) is 1. The topological polar surface area (TPSA) is 42.0 Å². The molecule has 0 aliphatic heterocycles. The number of rotatable bonds is 4. The molecule has 1 aromatic carbocycles. The predicted octanol–water partition coefficient (Wildman–Crippen LogP) is 3.55. The smallest absolute Gasteiger partial charge is 0.225 e. The molecule has 1 aromatic heterocycles. The number of carbonyl (C=O) groups is 1. The minimum atomic E-state index is -0.272. The molecule has 19 heavy (non-hydrogen) atoms. The molecule has 0 radical (unpaired) electrons. The van der Waals surface area contributed by atoms with Gasteiger partial charge in [0.15, 0.2) is 0 Å². The summed E-state index contributed by atoms with van der Waals surface area (Å²) in [5, 5.41) is 2.71. The van der Waals surface area contributed by atoms with Gasteiger partial charge < -0.3 is 5.32 Å². The van der Waals surface area contributed by atoms with Gasteiger partial charge in [0.05, 0.1) is 0 Å².